The van der Waals surface area contributed by atoms with Crippen molar-refractivity contribution in [3.63, 3.8) is 0 Å². The van der Waals surface area contributed by atoms with Gasteiger partial charge >= 0.3 is 5.97 Å². The fourth-order valence-corrected chi connectivity index (χ4v) is 2.63. The molecule has 1 aliphatic heterocycles. The van der Waals surface area contributed by atoms with Crippen molar-refractivity contribution in [2.45, 2.75) is 0 Å². The molecule has 0 atom stereocenters. The maximum atomic E-state index is 11.4. The topological polar surface area (TPSA) is 66.9 Å². The van der Waals surface area contributed by atoms with Gasteiger partial charge in [0, 0.05) is 10.9 Å². The van der Waals surface area contributed by atoms with Gasteiger partial charge in [-0.1, -0.05) is 0 Å². The first-order chi connectivity index (χ1) is 9.72. The summed E-state index contributed by atoms with van der Waals surface area (Å²) in [5, 5.41) is 2.33. The summed E-state index contributed by atoms with van der Waals surface area (Å²) in [6, 6.07) is 3.61. The first-order valence-electron chi connectivity index (χ1n) is 5.74. The molecule has 0 N–H and O–H groups in total. The lowest BCUT2D eigenvalue weighted by molar-refractivity contribution is 0.0595. The van der Waals surface area contributed by atoms with Crippen molar-refractivity contribution in [2.24, 2.45) is 0 Å². The number of ether oxygens (including phenoxy) is 4. The minimum atomic E-state index is -0.458. The Hall–Kier alpha value is -2.28. The quantitative estimate of drug-likeness (QED) is 0.809. The Morgan fingerprint density at radius 3 is 2.95 bits per heavy atom. The molecule has 0 aliphatic carbocycles. The number of fused-ring (bicyclic) bond motifs is 1. The van der Waals surface area contributed by atoms with Crippen molar-refractivity contribution in [3.8, 4) is 27.8 Å². The van der Waals surface area contributed by atoms with Gasteiger partial charge in [-0.2, -0.15) is 0 Å². The van der Waals surface area contributed by atoms with Crippen molar-refractivity contribution < 1.29 is 23.7 Å². The van der Waals surface area contributed by atoms with Crippen LogP contribution in [-0.4, -0.2) is 32.0 Å². The van der Waals surface area contributed by atoms with Gasteiger partial charge in [0.05, 0.1) is 14.2 Å². The summed E-state index contributed by atoms with van der Waals surface area (Å²) in [6.07, 6.45) is 0. The van der Waals surface area contributed by atoms with Crippen LogP contribution in [0.15, 0.2) is 17.5 Å². The number of thiazole rings is 1. The third-order valence-corrected chi connectivity index (χ3v) is 3.70. The molecule has 0 fully saturated rings. The SMILES string of the molecule is COC(=O)c1csc(-c2cc(OC)c3c(c2)OCO3)n1. The van der Waals surface area contributed by atoms with E-state index in [-0.39, 0.29) is 12.5 Å². The number of carbonyl (C=O) groups excluding carboxylic acids is 1. The van der Waals surface area contributed by atoms with Gasteiger partial charge in [0.15, 0.2) is 17.2 Å². The van der Waals surface area contributed by atoms with Gasteiger partial charge in [-0.05, 0) is 12.1 Å². The Bertz CT molecular complexity index is 667. The first kappa shape index (κ1) is 12.7. The molecule has 0 bridgehead atoms. The highest BCUT2D eigenvalue weighted by atomic mass is 32.1. The normalized spacial score (nSPS) is 12.3. The average Bonchev–Trinajstić information content (AvgIpc) is 3.13. The molecule has 0 saturated carbocycles. The van der Waals surface area contributed by atoms with Gasteiger partial charge in [0.1, 0.15) is 5.01 Å². The van der Waals surface area contributed by atoms with Crippen LogP contribution in [0.25, 0.3) is 10.6 Å². The predicted octanol–water partition coefficient (Wildman–Crippen LogP) is 2.33. The molecule has 3 rings (SSSR count). The number of nitrogens with zero attached hydrogens (tertiary/aromatic N) is 1. The van der Waals surface area contributed by atoms with Crippen LogP contribution in [0, 0.1) is 0 Å². The molecule has 2 heterocycles. The minimum absolute atomic E-state index is 0.167. The minimum Gasteiger partial charge on any atom is -0.493 e. The Morgan fingerprint density at radius 2 is 2.20 bits per heavy atom. The van der Waals surface area contributed by atoms with E-state index in [1.807, 2.05) is 6.07 Å². The van der Waals surface area contributed by atoms with E-state index in [0.29, 0.717) is 22.3 Å². The van der Waals surface area contributed by atoms with Gasteiger partial charge in [0.2, 0.25) is 12.5 Å². The summed E-state index contributed by atoms with van der Waals surface area (Å²) in [4.78, 5) is 15.7. The van der Waals surface area contributed by atoms with E-state index >= 15 is 0 Å². The monoisotopic (exact) mass is 293 g/mol. The van der Waals surface area contributed by atoms with Gasteiger partial charge in [-0.3, -0.25) is 0 Å². The smallest absolute Gasteiger partial charge is 0.357 e. The fraction of sp³-hybridized carbons (Fsp3) is 0.231. The second-order valence-electron chi connectivity index (χ2n) is 3.94. The number of carbonyl (C=O) groups is 1. The molecule has 0 spiro atoms. The number of hydrogen-bond acceptors (Lipinski definition) is 7. The van der Waals surface area contributed by atoms with Gasteiger partial charge in [-0.25, -0.2) is 9.78 Å². The number of esters is 1. The molecule has 20 heavy (non-hydrogen) atoms. The van der Waals surface area contributed by atoms with Crippen molar-refractivity contribution in [1.29, 1.82) is 0 Å². The zero-order valence-corrected chi connectivity index (χ0v) is 11.7. The third-order valence-electron chi connectivity index (χ3n) is 2.80. The molecule has 0 unspecified atom stereocenters. The lowest BCUT2D eigenvalue weighted by atomic mass is 10.2. The van der Waals surface area contributed by atoms with Crippen LogP contribution in [0.2, 0.25) is 0 Å². The Labute approximate surface area is 118 Å². The van der Waals surface area contributed by atoms with Crippen LogP contribution in [0.3, 0.4) is 0 Å². The Kier molecular flexibility index (Phi) is 3.19. The molecule has 1 aromatic heterocycles. The zero-order chi connectivity index (χ0) is 14.1. The lowest BCUT2D eigenvalue weighted by Gasteiger charge is -2.06. The standard InChI is InChI=1S/C13H11NO5S/c1-16-9-3-7(4-10-11(9)19-6-18-10)12-14-8(5-20-12)13(15)17-2/h3-5H,6H2,1-2H3. The van der Waals surface area contributed by atoms with Crippen molar-refractivity contribution in [2.75, 3.05) is 21.0 Å². The number of aromatic nitrogens is 1. The Balaban J connectivity index is 2.02. The molecule has 1 aliphatic rings. The summed E-state index contributed by atoms with van der Waals surface area (Å²) < 4.78 is 20.6. The number of methoxy groups -OCH3 is 2. The van der Waals surface area contributed by atoms with E-state index in [4.69, 9.17) is 14.2 Å². The largest absolute Gasteiger partial charge is 0.493 e. The van der Waals surface area contributed by atoms with E-state index in [2.05, 4.69) is 9.72 Å². The van der Waals surface area contributed by atoms with Crippen LogP contribution < -0.4 is 14.2 Å². The van der Waals surface area contributed by atoms with Gasteiger partial charge in [-0.15, -0.1) is 11.3 Å². The van der Waals surface area contributed by atoms with Crippen LogP contribution in [0.4, 0.5) is 0 Å². The molecule has 1 aromatic carbocycles. The van der Waals surface area contributed by atoms with Crippen LogP contribution >= 0.6 is 11.3 Å². The number of hydrogen-bond donors (Lipinski definition) is 0. The third kappa shape index (κ3) is 2.05. The average molecular weight is 293 g/mol. The van der Waals surface area contributed by atoms with Crippen LogP contribution in [0.1, 0.15) is 10.5 Å². The van der Waals surface area contributed by atoms with E-state index in [1.165, 1.54) is 18.4 Å². The molecule has 7 heteroatoms. The maximum Gasteiger partial charge on any atom is 0.357 e. The summed E-state index contributed by atoms with van der Waals surface area (Å²) in [6.45, 7) is 0.167. The van der Waals surface area contributed by atoms with Gasteiger partial charge < -0.3 is 18.9 Å². The van der Waals surface area contributed by atoms with E-state index in [0.717, 1.165) is 5.56 Å². The molecule has 0 radical (unpaired) electrons. The number of rotatable bonds is 3. The first-order valence-corrected chi connectivity index (χ1v) is 6.62. The summed E-state index contributed by atoms with van der Waals surface area (Å²) in [5.74, 6) is 1.31. The van der Waals surface area contributed by atoms with Gasteiger partial charge in [0.25, 0.3) is 0 Å². The summed E-state index contributed by atoms with van der Waals surface area (Å²) in [5.41, 5.74) is 1.08. The highest BCUT2D eigenvalue weighted by Gasteiger charge is 2.22. The maximum absolute atomic E-state index is 11.4. The van der Waals surface area contributed by atoms with Crippen LogP contribution in [-0.2, 0) is 4.74 Å². The highest BCUT2D eigenvalue weighted by molar-refractivity contribution is 7.13. The van der Waals surface area contributed by atoms with Crippen molar-refractivity contribution in [3.05, 3.63) is 23.2 Å². The number of benzene rings is 1. The van der Waals surface area contributed by atoms with Crippen molar-refractivity contribution in [1.82, 2.24) is 4.98 Å². The zero-order valence-electron chi connectivity index (χ0n) is 10.8. The predicted molar refractivity (Wildman–Crippen MR) is 71.6 cm³/mol. The lowest BCUT2D eigenvalue weighted by Crippen LogP contribution is -2.00. The molecular formula is C13H11NO5S. The van der Waals surface area contributed by atoms with Crippen LogP contribution in [0.5, 0.6) is 17.2 Å². The molecule has 2 aromatic rings. The molecular weight excluding hydrogens is 282 g/mol. The van der Waals surface area contributed by atoms with Crippen molar-refractivity contribution >= 4 is 17.3 Å². The second-order valence-corrected chi connectivity index (χ2v) is 4.80. The summed E-state index contributed by atoms with van der Waals surface area (Å²) in [7, 11) is 2.88. The van der Waals surface area contributed by atoms with E-state index in [1.54, 1.807) is 18.6 Å². The fourth-order valence-electron chi connectivity index (χ4n) is 1.86. The van der Waals surface area contributed by atoms with E-state index < -0.39 is 5.97 Å². The molecule has 6 nitrogen and oxygen atoms in total. The second kappa shape index (κ2) is 5.01. The molecule has 0 saturated heterocycles. The molecule has 0 amide bonds. The summed E-state index contributed by atoms with van der Waals surface area (Å²) >= 11 is 1.35. The molecule has 104 valence electrons. The highest BCUT2D eigenvalue weighted by Crippen LogP contribution is 2.44. The Morgan fingerprint density at radius 1 is 1.35 bits per heavy atom. The van der Waals surface area contributed by atoms with E-state index in [9.17, 15) is 4.79 Å².